The predicted octanol–water partition coefficient (Wildman–Crippen LogP) is 2.79. The number of hydrogen-bond donors (Lipinski definition) is 1. The van der Waals surface area contributed by atoms with E-state index in [1.54, 1.807) is 22.7 Å². The lowest BCUT2D eigenvalue weighted by Gasteiger charge is -2.14. The maximum atomic E-state index is 4.70. The summed E-state index contributed by atoms with van der Waals surface area (Å²) < 4.78 is 0. The topological polar surface area (TPSA) is 41.1 Å². The smallest absolute Gasteiger partial charge is 0.107 e. The molecule has 2 aromatic rings. The number of nitrogens with zero attached hydrogens (tertiary/aromatic N) is 3. The Morgan fingerprint density at radius 2 is 2.20 bits per heavy atom. The van der Waals surface area contributed by atoms with E-state index in [0.29, 0.717) is 0 Å². The fourth-order valence-electron chi connectivity index (χ4n) is 2.08. The van der Waals surface area contributed by atoms with Gasteiger partial charge in [-0.05, 0) is 26.8 Å². The van der Waals surface area contributed by atoms with Crippen LogP contribution in [0.2, 0.25) is 0 Å². The number of hydrogen-bond acceptors (Lipinski definition) is 6. The molecule has 1 saturated carbocycles. The first-order valence-corrected chi connectivity index (χ1v) is 8.71. The van der Waals surface area contributed by atoms with Gasteiger partial charge in [-0.2, -0.15) is 0 Å². The molecule has 0 unspecified atom stereocenters. The molecule has 0 radical (unpaired) electrons. The van der Waals surface area contributed by atoms with Gasteiger partial charge in [0.05, 0.1) is 16.9 Å². The average Bonchev–Trinajstić information content (AvgIpc) is 3.02. The molecule has 108 valence electrons. The van der Waals surface area contributed by atoms with Crippen LogP contribution in [-0.2, 0) is 19.6 Å². The van der Waals surface area contributed by atoms with Crippen molar-refractivity contribution in [3.8, 4) is 0 Å². The number of aromatic nitrogens is 2. The zero-order chi connectivity index (χ0) is 13.9. The van der Waals surface area contributed by atoms with Gasteiger partial charge in [0.25, 0.3) is 0 Å². The monoisotopic (exact) mass is 308 g/mol. The van der Waals surface area contributed by atoms with Crippen LogP contribution in [0.15, 0.2) is 10.9 Å². The van der Waals surface area contributed by atoms with Gasteiger partial charge in [-0.25, -0.2) is 9.97 Å². The van der Waals surface area contributed by atoms with E-state index in [0.717, 1.165) is 31.4 Å². The molecule has 4 nitrogen and oxygen atoms in total. The molecule has 1 aliphatic rings. The molecule has 0 saturated heterocycles. The Bertz CT molecular complexity index is 559. The van der Waals surface area contributed by atoms with Crippen LogP contribution < -0.4 is 5.32 Å². The lowest BCUT2D eigenvalue weighted by Crippen LogP contribution is -2.18. The minimum atomic E-state index is 0.749. The van der Waals surface area contributed by atoms with E-state index in [4.69, 9.17) is 4.98 Å². The molecular weight excluding hydrogens is 288 g/mol. The second-order valence-electron chi connectivity index (χ2n) is 5.42. The summed E-state index contributed by atoms with van der Waals surface area (Å²) in [5, 5.41) is 6.89. The maximum absolute atomic E-state index is 4.70. The zero-order valence-corrected chi connectivity index (χ0v) is 13.6. The Morgan fingerprint density at radius 1 is 1.35 bits per heavy atom. The van der Waals surface area contributed by atoms with Crippen molar-refractivity contribution in [2.75, 3.05) is 7.05 Å². The van der Waals surface area contributed by atoms with Crippen LogP contribution in [0.1, 0.15) is 34.1 Å². The molecule has 0 aromatic carbocycles. The highest BCUT2D eigenvalue weighted by Gasteiger charge is 2.20. The summed E-state index contributed by atoms with van der Waals surface area (Å²) in [4.78, 5) is 12.6. The normalized spacial score (nSPS) is 15.2. The van der Waals surface area contributed by atoms with Crippen molar-refractivity contribution in [2.24, 2.45) is 0 Å². The van der Waals surface area contributed by atoms with E-state index < -0.39 is 0 Å². The summed E-state index contributed by atoms with van der Waals surface area (Å²) in [6.45, 7) is 4.85. The van der Waals surface area contributed by atoms with Crippen molar-refractivity contribution in [3.05, 3.63) is 32.2 Å². The van der Waals surface area contributed by atoms with Gasteiger partial charge in [0.15, 0.2) is 0 Å². The molecular formula is C14H20N4S2. The Hall–Kier alpha value is -0.820. The summed E-state index contributed by atoms with van der Waals surface area (Å²) >= 11 is 3.49. The van der Waals surface area contributed by atoms with Gasteiger partial charge in [0.1, 0.15) is 5.01 Å². The van der Waals surface area contributed by atoms with E-state index in [1.165, 1.54) is 28.4 Å². The lowest BCUT2D eigenvalue weighted by molar-refractivity contribution is 0.317. The van der Waals surface area contributed by atoms with Crippen LogP contribution in [0, 0.1) is 6.92 Å². The fourth-order valence-corrected chi connectivity index (χ4v) is 3.67. The van der Waals surface area contributed by atoms with Gasteiger partial charge in [-0.15, -0.1) is 22.7 Å². The van der Waals surface area contributed by atoms with Crippen LogP contribution >= 0.6 is 22.7 Å². The third-order valence-electron chi connectivity index (χ3n) is 3.41. The highest BCUT2D eigenvalue weighted by atomic mass is 32.1. The Balaban J connectivity index is 1.50. The standard InChI is InChI=1S/C14H20N4S2/c1-10-13(20-9-16-10)7-18(2)6-12-8-19-14(17-12)5-15-11-3-4-11/h8-9,11,15H,3-7H2,1-2H3. The quantitative estimate of drug-likeness (QED) is 0.854. The van der Waals surface area contributed by atoms with E-state index in [1.807, 2.05) is 5.51 Å². The summed E-state index contributed by atoms with van der Waals surface area (Å²) in [5.74, 6) is 0. The summed E-state index contributed by atoms with van der Waals surface area (Å²) in [7, 11) is 2.14. The molecule has 0 atom stereocenters. The van der Waals surface area contributed by atoms with E-state index >= 15 is 0 Å². The molecule has 6 heteroatoms. The molecule has 1 N–H and O–H groups in total. The Labute approximate surface area is 127 Å². The van der Waals surface area contributed by atoms with Gasteiger partial charge in [0.2, 0.25) is 0 Å². The first-order chi connectivity index (χ1) is 9.70. The molecule has 20 heavy (non-hydrogen) atoms. The Kier molecular flexibility index (Phi) is 4.45. The van der Waals surface area contributed by atoms with Crippen molar-refractivity contribution < 1.29 is 0 Å². The first kappa shape index (κ1) is 14.1. The zero-order valence-electron chi connectivity index (χ0n) is 11.9. The van der Waals surface area contributed by atoms with Crippen LogP contribution in [0.4, 0.5) is 0 Å². The van der Waals surface area contributed by atoms with Gasteiger partial charge in [-0.3, -0.25) is 4.90 Å². The molecule has 2 heterocycles. The second-order valence-corrected chi connectivity index (χ2v) is 7.30. The van der Waals surface area contributed by atoms with Gasteiger partial charge >= 0.3 is 0 Å². The molecule has 0 amide bonds. The highest BCUT2D eigenvalue weighted by Crippen LogP contribution is 2.20. The highest BCUT2D eigenvalue weighted by molar-refractivity contribution is 7.10. The Morgan fingerprint density at radius 3 is 2.90 bits per heavy atom. The van der Waals surface area contributed by atoms with Crippen LogP contribution in [0.25, 0.3) is 0 Å². The third kappa shape index (κ3) is 3.85. The average molecular weight is 308 g/mol. The SMILES string of the molecule is Cc1ncsc1CN(C)Cc1csc(CNC2CC2)n1. The van der Waals surface area contributed by atoms with Gasteiger partial charge in [-0.1, -0.05) is 0 Å². The molecule has 0 spiro atoms. The molecule has 3 rings (SSSR count). The largest absolute Gasteiger partial charge is 0.308 e. The summed E-state index contributed by atoms with van der Waals surface area (Å²) in [6, 6.07) is 0.749. The van der Waals surface area contributed by atoms with Gasteiger partial charge < -0.3 is 5.32 Å². The molecule has 1 fully saturated rings. The van der Waals surface area contributed by atoms with Crippen molar-refractivity contribution in [1.29, 1.82) is 0 Å². The fraction of sp³-hybridized carbons (Fsp3) is 0.571. The lowest BCUT2D eigenvalue weighted by atomic mass is 10.3. The summed E-state index contributed by atoms with van der Waals surface area (Å²) in [6.07, 6.45) is 2.66. The molecule has 0 bridgehead atoms. The predicted molar refractivity (Wildman–Crippen MR) is 84.0 cm³/mol. The van der Waals surface area contributed by atoms with Crippen molar-refractivity contribution >= 4 is 22.7 Å². The van der Waals surface area contributed by atoms with Crippen molar-refractivity contribution in [3.63, 3.8) is 0 Å². The number of rotatable bonds is 7. The minimum absolute atomic E-state index is 0.749. The van der Waals surface area contributed by atoms with E-state index in [2.05, 4.69) is 34.6 Å². The maximum Gasteiger partial charge on any atom is 0.107 e. The second kappa shape index (κ2) is 6.30. The van der Waals surface area contributed by atoms with Gasteiger partial charge in [0, 0.05) is 35.9 Å². The third-order valence-corrected chi connectivity index (χ3v) is 5.23. The summed E-state index contributed by atoms with van der Waals surface area (Å²) in [5.41, 5.74) is 4.24. The number of thiazole rings is 2. The van der Waals surface area contributed by atoms with Crippen LogP contribution in [0.5, 0.6) is 0 Å². The van der Waals surface area contributed by atoms with Crippen LogP contribution in [-0.4, -0.2) is 28.0 Å². The molecule has 2 aromatic heterocycles. The molecule has 0 aliphatic heterocycles. The van der Waals surface area contributed by atoms with E-state index in [9.17, 15) is 0 Å². The molecule has 1 aliphatic carbocycles. The van der Waals surface area contributed by atoms with Crippen molar-refractivity contribution in [1.82, 2.24) is 20.2 Å². The van der Waals surface area contributed by atoms with Crippen molar-refractivity contribution in [2.45, 2.75) is 45.4 Å². The number of nitrogens with one attached hydrogen (secondary N) is 1. The van der Waals surface area contributed by atoms with E-state index in [-0.39, 0.29) is 0 Å². The number of aryl methyl sites for hydroxylation is 1. The minimum Gasteiger partial charge on any atom is -0.308 e. The first-order valence-electron chi connectivity index (χ1n) is 6.95. The van der Waals surface area contributed by atoms with Crippen LogP contribution in [0.3, 0.4) is 0 Å².